The third-order valence-electron chi connectivity index (χ3n) is 9.30. The molecule has 0 heterocycles. The molecule has 0 bridgehead atoms. The molecule has 44 heavy (non-hydrogen) atoms. The van der Waals surface area contributed by atoms with Crippen LogP contribution in [0.4, 0.5) is 13.2 Å². The van der Waals surface area contributed by atoms with E-state index in [0.717, 1.165) is 34.4 Å². The summed E-state index contributed by atoms with van der Waals surface area (Å²) in [6.07, 6.45) is -4.48. The van der Waals surface area contributed by atoms with Gasteiger partial charge in [-0.1, -0.05) is 127 Å². The van der Waals surface area contributed by atoms with Crippen molar-refractivity contribution in [3.05, 3.63) is 173 Å². The summed E-state index contributed by atoms with van der Waals surface area (Å²) in [4.78, 5) is 0. The molecule has 1 atom stereocenters. The Morgan fingerprint density at radius 3 is 1.39 bits per heavy atom. The molecular formula is C39H26F3OP. The topological polar surface area (TPSA) is 17.1 Å². The minimum Gasteiger partial charge on any atom is -0.309 e. The third-order valence-corrected chi connectivity index (χ3v) is 12.4. The van der Waals surface area contributed by atoms with Crippen molar-refractivity contribution in [3.63, 3.8) is 0 Å². The summed E-state index contributed by atoms with van der Waals surface area (Å²) in [5, 5.41) is 1.54. The van der Waals surface area contributed by atoms with Gasteiger partial charge in [-0.15, -0.1) is 0 Å². The molecule has 1 spiro atoms. The molecule has 0 aliphatic heterocycles. The van der Waals surface area contributed by atoms with Gasteiger partial charge in [-0.25, -0.2) is 0 Å². The lowest BCUT2D eigenvalue weighted by molar-refractivity contribution is -0.137. The fourth-order valence-electron chi connectivity index (χ4n) is 7.34. The van der Waals surface area contributed by atoms with Gasteiger partial charge in [-0.2, -0.15) is 13.2 Å². The molecule has 0 saturated carbocycles. The van der Waals surface area contributed by atoms with Crippen LogP contribution in [-0.2, 0) is 16.2 Å². The van der Waals surface area contributed by atoms with Gasteiger partial charge >= 0.3 is 6.18 Å². The van der Waals surface area contributed by atoms with Crippen molar-refractivity contribution in [2.75, 3.05) is 0 Å². The van der Waals surface area contributed by atoms with Crippen LogP contribution in [0.25, 0.3) is 22.3 Å². The van der Waals surface area contributed by atoms with Gasteiger partial charge in [0.05, 0.1) is 11.0 Å². The average Bonchev–Trinajstić information content (AvgIpc) is 3.51. The highest BCUT2D eigenvalue weighted by atomic mass is 31.2. The summed E-state index contributed by atoms with van der Waals surface area (Å²) in [5.74, 6) is 0. The van der Waals surface area contributed by atoms with Crippen molar-refractivity contribution < 1.29 is 17.7 Å². The van der Waals surface area contributed by atoms with Gasteiger partial charge in [0, 0.05) is 15.9 Å². The predicted molar refractivity (Wildman–Crippen MR) is 172 cm³/mol. The third kappa shape index (κ3) is 3.58. The van der Waals surface area contributed by atoms with E-state index >= 15 is 4.57 Å². The summed E-state index contributed by atoms with van der Waals surface area (Å²) in [6.45, 7) is 1.96. The predicted octanol–water partition coefficient (Wildman–Crippen LogP) is 9.00. The second kappa shape index (κ2) is 9.42. The second-order valence-electron chi connectivity index (χ2n) is 11.6. The molecule has 214 valence electrons. The number of fused-ring (bicyclic) bond motifs is 10. The number of benzene rings is 6. The van der Waals surface area contributed by atoms with Crippen LogP contribution in [0.1, 0.15) is 33.4 Å². The van der Waals surface area contributed by atoms with Crippen molar-refractivity contribution in [1.29, 1.82) is 0 Å². The Labute approximate surface area is 254 Å². The van der Waals surface area contributed by atoms with Crippen molar-refractivity contribution in [3.8, 4) is 22.3 Å². The second-order valence-corrected chi connectivity index (χ2v) is 14.4. The maximum atomic E-state index is 15.6. The molecule has 0 amide bonds. The van der Waals surface area contributed by atoms with E-state index in [1.807, 2.05) is 49.4 Å². The van der Waals surface area contributed by atoms with Crippen LogP contribution >= 0.6 is 7.14 Å². The van der Waals surface area contributed by atoms with E-state index in [4.69, 9.17) is 0 Å². The van der Waals surface area contributed by atoms with E-state index in [-0.39, 0.29) is 0 Å². The lowest BCUT2D eigenvalue weighted by atomic mass is 9.70. The number of halogens is 3. The molecule has 0 aromatic heterocycles. The van der Waals surface area contributed by atoms with Crippen LogP contribution in [0, 0.1) is 6.92 Å². The quantitative estimate of drug-likeness (QED) is 0.186. The fraction of sp³-hybridized carbons (Fsp3) is 0.0769. The summed E-state index contributed by atoms with van der Waals surface area (Å²) in [5.41, 5.74) is 8.70. The summed E-state index contributed by atoms with van der Waals surface area (Å²) >= 11 is 0. The Kier molecular flexibility index (Phi) is 5.76. The fourth-order valence-corrected chi connectivity index (χ4v) is 9.97. The van der Waals surface area contributed by atoms with Crippen molar-refractivity contribution in [2.45, 2.75) is 18.5 Å². The summed E-state index contributed by atoms with van der Waals surface area (Å²) in [6, 6.07) is 43.7. The van der Waals surface area contributed by atoms with Crippen LogP contribution in [0.3, 0.4) is 0 Å². The number of hydrogen-bond donors (Lipinski definition) is 0. The monoisotopic (exact) mass is 598 g/mol. The van der Waals surface area contributed by atoms with E-state index in [0.29, 0.717) is 15.9 Å². The van der Waals surface area contributed by atoms with Gasteiger partial charge in [0.2, 0.25) is 0 Å². The molecule has 1 unspecified atom stereocenters. The molecule has 8 rings (SSSR count). The van der Waals surface area contributed by atoms with Crippen LogP contribution in [0.5, 0.6) is 0 Å². The van der Waals surface area contributed by atoms with E-state index in [1.54, 1.807) is 0 Å². The van der Waals surface area contributed by atoms with E-state index in [9.17, 15) is 13.2 Å². The molecule has 5 heteroatoms. The first-order chi connectivity index (χ1) is 21.2. The zero-order chi connectivity index (χ0) is 30.3. The van der Waals surface area contributed by atoms with Crippen LogP contribution in [-0.4, -0.2) is 0 Å². The molecule has 0 N–H and O–H groups in total. The molecule has 0 fully saturated rings. The molecule has 2 aliphatic carbocycles. The molecule has 6 aromatic carbocycles. The number of aryl methyl sites for hydroxylation is 1. The van der Waals surface area contributed by atoms with Gasteiger partial charge in [0.25, 0.3) is 0 Å². The normalized spacial score (nSPS) is 15.3. The molecule has 6 aromatic rings. The largest absolute Gasteiger partial charge is 0.416 e. The Bertz CT molecular complexity index is 2080. The standard InChI is InChI=1S/C39H26F3OP/c1-25-14-18-27(19-15-25)44(43,28-20-16-26(17-21-28)39(40,41)42)29-22-23-33-32-10-4-7-13-36(32)38(37(33)24-29)34-11-5-2-8-30(34)31-9-3-6-12-35(31)38/h2-24H,1H3. The molecule has 0 radical (unpaired) electrons. The van der Waals surface area contributed by atoms with E-state index in [2.05, 4.69) is 72.8 Å². The molecular weight excluding hydrogens is 572 g/mol. The maximum absolute atomic E-state index is 15.6. The molecule has 2 aliphatic rings. The lowest BCUT2D eigenvalue weighted by Gasteiger charge is -2.31. The highest BCUT2D eigenvalue weighted by Crippen LogP contribution is 2.63. The molecule has 0 saturated heterocycles. The number of hydrogen-bond acceptors (Lipinski definition) is 1. The van der Waals surface area contributed by atoms with Gasteiger partial charge in [0.15, 0.2) is 7.14 Å². The van der Waals surface area contributed by atoms with Crippen molar-refractivity contribution in [1.82, 2.24) is 0 Å². The Morgan fingerprint density at radius 1 is 0.500 bits per heavy atom. The number of alkyl halides is 3. The smallest absolute Gasteiger partial charge is 0.309 e. The maximum Gasteiger partial charge on any atom is 0.416 e. The Balaban J connectivity index is 1.43. The van der Waals surface area contributed by atoms with Crippen molar-refractivity contribution >= 4 is 23.1 Å². The first-order valence-corrected chi connectivity index (χ1v) is 16.2. The van der Waals surface area contributed by atoms with Crippen LogP contribution < -0.4 is 15.9 Å². The van der Waals surface area contributed by atoms with Gasteiger partial charge < -0.3 is 4.57 Å². The highest BCUT2D eigenvalue weighted by molar-refractivity contribution is 7.85. The first kappa shape index (κ1) is 26.9. The minimum absolute atomic E-state index is 0.367. The summed E-state index contributed by atoms with van der Waals surface area (Å²) in [7, 11) is -3.59. The zero-order valence-corrected chi connectivity index (χ0v) is 24.7. The van der Waals surface area contributed by atoms with E-state index < -0.39 is 24.3 Å². The molecule has 1 nitrogen and oxygen atoms in total. The van der Waals surface area contributed by atoms with Gasteiger partial charge in [0.1, 0.15) is 0 Å². The van der Waals surface area contributed by atoms with Gasteiger partial charge in [-0.3, -0.25) is 0 Å². The van der Waals surface area contributed by atoms with Gasteiger partial charge in [-0.05, 0) is 69.6 Å². The summed E-state index contributed by atoms with van der Waals surface area (Å²) < 4.78 is 56.2. The lowest BCUT2D eigenvalue weighted by Crippen LogP contribution is -2.29. The van der Waals surface area contributed by atoms with Crippen LogP contribution in [0.15, 0.2) is 140 Å². The highest BCUT2D eigenvalue weighted by Gasteiger charge is 2.52. The van der Waals surface area contributed by atoms with E-state index in [1.165, 1.54) is 39.9 Å². The number of rotatable bonds is 3. The Morgan fingerprint density at radius 2 is 0.909 bits per heavy atom. The zero-order valence-electron chi connectivity index (χ0n) is 23.8. The van der Waals surface area contributed by atoms with Crippen LogP contribution in [0.2, 0.25) is 0 Å². The SMILES string of the molecule is Cc1ccc(P(=O)(c2ccc(C(F)(F)F)cc2)c2ccc3c(c2)C2(c4ccccc4-c4ccccc42)c2ccccc2-3)cc1. The average molecular weight is 599 g/mol. The Hall–Kier alpha value is -4.66. The minimum atomic E-state index is -4.48. The van der Waals surface area contributed by atoms with Crippen molar-refractivity contribution in [2.24, 2.45) is 0 Å². The first-order valence-electron chi connectivity index (χ1n) is 14.5.